The van der Waals surface area contributed by atoms with Crippen LogP contribution in [0.15, 0.2) is 24.4 Å². The summed E-state index contributed by atoms with van der Waals surface area (Å²) in [6.07, 6.45) is 1.74. The van der Waals surface area contributed by atoms with Crippen molar-refractivity contribution in [1.82, 2.24) is 15.1 Å². The highest BCUT2D eigenvalue weighted by molar-refractivity contribution is 5.80. The first-order valence-corrected chi connectivity index (χ1v) is 4.93. The van der Waals surface area contributed by atoms with Gasteiger partial charge in [-0.3, -0.25) is 9.89 Å². The van der Waals surface area contributed by atoms with Crippen molar-refractivity contribution in [3.63, 3.8) is 0 Å². The number of carbonyl (C=O) groups is 1. The number of H-pyrrole nitrogens is 1. The van der Waals surface area contributed by atoms with Crippen LogP contribution >= 0.6 is 0 Å². The first-order chi connectivity index (χ1) is 7.66. The fourth-order valence-corrected chi connectivity index (χ4v) is 1.28. The smallest absolute Gasteiger partial charge is 0.259 e. The van der Waals surface area contributed by atoms with Crippen LogP contribution in [0.25, 0.3) is 10.9 Å². The molecule has 16 heavy (non-hydrogen) atoms. The number of nitrogens with one attached hydrogen (secondary N) is 1. The van der Waals surface area contributed by atoms with Crippen molar-refractivity contribution >= 4 is 16.8 Å². The Bertz CT molecular complexity index is 505. The molecule has 0 fully saturated rings. The SMILES string of the molecule is CN(C)C(=O)COc1ccc2cn[nH]c2c1. The molecule has 0 saturated carbocycles. The fourth-order valence-electron chi connectivity index (χ4n) is 1.28. The Hall–Kier alpha value is -2.04. The van der Waals surface area contributed by atoms with Gasteiger partial charge in [0.2, 0.25) is 0 Å². The number of aromatic amines is 1. The zero-order chi connectivity index (χ0) is 11.5. The largest absolute Gasteiger partial charge is 0.484 e. The molecule has 0 aliphatic carbocycles. The minimum atomic E-state index is -0.0651. The third-order valence-corrected chi connectivity index (χ3v) is 2.27. The molecular formula is C11H13N3O2. The second-order valence-corrected chi connectivity index (χ2v) is 3.70. The lowest BCUT2D eigenvalue weighted by atomic mass is 10.2. The van der Waals surface area contributed by atoms with E-state index < -0.39 is 0 Å². The lowest BCUT2D eigenvalue weighted by Gasteiger charge is -2.11. The molecule has 0 saturated heterocycles. The maximum absolute atomic E-state index is 11.3. The Morgan fingerprint density at radius 1 is 1.50 bits per heavy atom. The van der Waals surface area contributed by atoms with Crippen LogP contribution in [0.1, 0.15) is 0 Å². The first kappa shape index (κ1) is 10.5. The average Bonchev–Trinajstić information content (AvgIpc) is 2.72. The molecule has 2 rings (SSSR count). The van der Waals surface area contributed by atoms with Crippen LogP contribution in [0, 0.1) is 0 Å². The van der Waals surface area contributed by atoms with E-state index in [-0.39, 0.29) is 12.5 Å². The third-order valence-electron chi connectivity index (χ3n) is 2.27. The predicted molar refractivity (Wildman–Crippen MR) is 60.3 cm³/mol. The van der Waals surface area contributed by atoms with Gasteiger partial charge in [-0.2, -0.15) is 5.10 Å². The van der Waals surface area contributed by atoms with E-state index >= 15 is 0 Å². The molecule has 0 spiro atoms. The zero-order valence-corrected chi connectivity index (χ0v) is 9.23. The van der Waals surface area contributed by atoms with E-state index in [9.17, 15) is 4.79 Å². The summed E-state index contributed by atoms with van der Waals surface area (Å²) >= 11 is 0. The summed E-state index contributed by atoms with van der Waals surface area (Å²) in [7, 11) is 3.40. The molecule has 84 valence electrons. The molecule has 0 unspecified atom stereocenters. The lowest BCUT2D eigenvalue weighted by Crippen LogP contribution is -2.27. The number of ether oxygens (including phenoxy) is 1. The molecule has 1 amide bonds. The van der Waals surface area contributed by atoms with E-state index in [4.69, 9.17) is 4.74 Å². The standard InChI is InChI=1S/C11H13N3O2/c1-14(2)11(15)7-16-9-4-3-8-6-12-13-10(8)5-9/h3-6H,7H2,1-2H3,(H,12,13). The van der Waals surface area contributed by atoms with E-state index in [1.807, 2.05) is 18.2 Å². The molecule has 1 aromatic carbocycles. The number of carbonyl (C=O) groups excluding carboxylic acids is 1. The molecular weight excluding hydrogens is 206 g/mol. The number of benzene rings is 1. The maximum atomic E-state index is 11.3. The maximum Gasteiger partial charge on any atom is 0.259 e. The molecule has 0 aliphatic heterocycles. The van der Waals surface area contributed by atoms with Gasteiger partial charge in [0.05, 0.1) is 11.7 Å². The van der Waals surface area contributed by atoms with Gasteiger partial charge in [0, 0.05) is 25.5 Å². The minimum Gasteiger partial charge on any atom is -0.484 e. The van der Waals surface area contributed by atoms with Gasteiger partial charge in [-0.15, -0.1) is 0 Å². The summed E-state index contributed by atoms with van der Waals surface area (Å²) in [4.78, 5) is 12.8. The van der Waals surface area contributed by atoms with Crippen molar-refractivity contribution in [1.29, 1.82) is 0 Å². The van der Waals surface area contributed by atoms with E-state index in [0.29, 0.717) is 5.75 Å². The van der Waals surface area contributed by atoms with Crippen LogP contribution in [0.4, 0.5) is 0 Å². The van der Waals surface area contributed by atoms with Crippen LogP contribution < -0.4 is 4.74 Å². The van der Waals surface area contributed by atoms with Crippen LogP contribution in [-0.4, -0.2) is 41.7 Å². The molecule has 1 N–H and O–H groups in total. The monoisotopic (exact) mass is 219 g/mol. The number of hydrogen-bond donors (Lipinski definition) is 1. The summed E-state index contributed by atoms with van der Waals surface area (Å²) < 4.78 is 5.37. The molecule has 1 aromatic heterocycles. The molecule has 0 atom stereocenters. The molecule has 0 radical (unpaired) electrons. The van der Waals surface area contributed by atoms with Crippen molar-refractivity contribution in [3.05, 3.63) is 24.4 Å². The van der Waals surface area contributed by atoms with Gasteiger partial charge in [0.15, 0.2) is 6.61 Å². The van der Waals surface area contributed by atoms with Gasteiger partial charge in [-0.1, -0.05) is 0 Å². The van der Waals surface area contributed by atoms with Crippen molar-refractivity contribution < 1.29 is 9.53 Å². The summed E-state index contributed by atoms with van der Waals surface area (Å²) in [5, 5.41) is 7.77. The van der Waals surface area contributed by atoms with Crippen LogP contribution in [0.5, 0.6) is 5.75 Å². The highest BCUT2D eigenvalue weighted by Crippen LogP contribution is 2.18. The van der Waals surface area contributed by atoms with Gasteiger partial charge < -0.3 is 9.64 Å². The van der Waals surface area contributed by atoms with Gasteiger partial charge >= 0.3 is 0 Å². The molecule has 1 heterocycles. The number of amides is 1. The second-order valence-electron chi connectivity index (χ2n) is 3.70. The Balaban J connectivity index is 2.06. The molecule has 0 aliphatic rings. The van der Waals surface area contributed by atoms with Crippen molar-refractivity contribution in [2.75, 3.05) is 20.7 Å². The van der Waals surface area contributed by atoms with Gasteiger partial charge in [-0.25, -0.2) is 0 Å². The summed E-state index contributed by atoms with van der Waals surface area (Å²) in [6, 6.07) is 5.54. The van der Waals surface area contributed by atoms with E-state index in [1.165, 1.54) is 4.90 Å². The number of rotatable bonds is 3. The summed E-state index contributed by atoms with van der Waals surface area (Å²) in [5.74, 6) is 0.594. The van der Waals surface area contributed by atoms with E-state index in [2.05, 4.69) is 10.2 Å². The van der Waals surface area contributed by atoms with Crippen molar-refractivity contribution in [3.8, 4) is 5.75 Å². The number of fused-ring (bicyclic) bond motifs is 1. The van der Waals surface area contributed by atoms with Gasteiger partial charge in [-0.05, 0) is 12.1 Å². The molecule has 5 heteroatoms. The second kappa shape index (κ2) is 4.22. The van der Waals surface area contributed by atoms with E-state index in [1.54, 1.807) is 20.3 Å². The molecule has 2 aromatic rings. The van der Waals surface area contributed by atoms with Crippen LogP contribution in [0.2, 0.25) is 0 Å². The summed E-state index contributed by atoms with van der Waals surface area (Å²) in [5.41, 5.74) is 0.898. The number of aromatic nitrogens is 2. The Morgan fingerprint density at radius 2 is 2.31 bits per heavy atom. The Kier molecular flexibility index (Phi) is 2.76. The quantitative estimate of drug-likeness (QED) is 0.838. The normalized spacial score (nSPS) is 10.4. The Labute approximate surface area is 93.0 Å². The van der Waals surface area contributed by atoms with Gasteiger partial charge in [0.1, 0.15) is 5.75 Å². The number of likely N-dealkylation sites (N-methyl/N-ethyl adjacent to an activating group) is 1. The average molecular weight is 219 g/mol. The topological polar surface area (TPSA) is 58.2 Å². The first-order valence-electron chi connectivity index (χ1n) is 4.93. The number of hydrogen-bond acceptors (Lipinski definition) is 3. The highest BCUT2D eigenvalue weighted by Gasteiger charge is 2.05. The summed E-state index contributed by atoms with van der Waals surface area (Å²) in [6.45, 7) is 0.0483. The molecule has 5 nitrogen and oxygen atoms in total. The Morgan fingerprint density at radius 3 is 3.06 bits per heavy atom. The van der Waals surface area contributed by atoms with Crippen LogP contribution in [-0.2, 0) is 4.79 Å². The van der Waals surface area contributed by atoms with Crippen molar-refractivity contribution in [2.24, 2.45) is 0 Å². The predicted octanol–water partition coefficient (Wildman–Crippen LogP) is 1.03. The third kappa shape index (κ3) is 2.13. The highest BCUT2D eigenvalue weighted by atomic mass is 16.5. The fraction of sp³-hybridized carbons (Fsp3) is 0.273. The zero-order valence-electron chi connectivity index (χ0n) is 9.23. The molecule has 0 bridgehead atoms. The van der Waals surface area contributed by atoms with E-state index in [0.717, 1.165) is 10.9 Å². The van der Waals surface area contributed by atoms with Crippen LogP contribution in [0.3, 0.4) is 0 Å². The lowest BCUT2D eigenvalue weighted by molar-refractivity contribution is -0.130. The minimum absolute atomic E-state index is 0.0483. The van der Waals surface area contributed by atoms with Gasteiger partial charge in [0.25, 0.3) is 5.91 Å². The number of nitrogens with zero attached hydrogens (tertiary/aromatic N) is 2. The van der Waals surface area contributed by atoms with Crippen molar-refractivity contribution in [2.45, 2.75) is 0 Å².